The second-order valence-corrected chi connectivity index (χ2v) is 6.95. The van der Waals surface area contributed by atoms with Crippen molar-refractivity contribution in [2.45, 2.75) is 45.6 Å². The van der Waals surface area contributed by atoms with Crippen molar-refractivity contribution < 1.29 is 9.53 Å². The number of para-hydroxylation sites is 1. The van der Waals surface area contributed by atoms with Crippen molar-refractivity contribution >= 4 is 5.91 Å². The highest BCUT2D eigenvalue weighted by Gasteiger charge is 2.29. The van der Waals surface area contributed by atoms with E-state index in [1.807, 2.05) is 41.4 Å². The maximum absolute atomic E-state index is 13.4. The monoisotopic (exact) mass is 370 g/mol. The van der Waals surface area contributed by atoms with Gasteiger partial charge in [-0.25, -0.2) is 4.68 Å². The van der Waals surface area contributed by atoms with E-state index in [0.717, 1.165) is 51.0 Å². The SMILES string of the molecule is CCCOc1cn(-c2ccccc2)nc1C(=O)N(CCC)C1CCNCC1. The van der Waals surface area contributed by atoms with E-state index in [1.54, 1.807) is 4.68 Å². The second kappa shape index (κ2) is 9.55. The largest absolute Gasteiger partial charge is 0.489 e. The van der Waals surface area contributed by atoms with E-state index in [9.17, 15) is 4.79 Å². The van der Waals surface area contributed by atoms with Crippen LogP contribution in [0.2, 0.25) is 0 Å². The lowest BCUT2D eigenvalue weighted by atomic mass is 10.0. The zero-order chi connectivity index (χ0) is 19.1. The van der Waals surface area contributed by atoms with Crippen LogP contribution in [-0.4, -0.2) is 52.9 Å². The lowest BCUT2D eigenvalue weighted by molar-refractivity contribution is 0.0632. The highest BCUT2D eigenvalue weighted by Crippen LogP contribution is 2.24. The summed E-state index contributed by atoms with van der Waals surface area (Å²) in [4.78, 5) is 15.4. The first-order valence-electron chi connectivity index (χ1n) is 10.0. The van der Waals surface area contributed by atoms with Crippen molar-refractivity contribution in [3.05, 3.63) is 42.2 Å². The van der Waals surface area contributed by atoms with Gasteiger partial charge in [0.05, 0.1) is 18.5 Å². The summed E-state index contributed by atoms with van der Waals surface area (Å²) in [6.45, 7) is 7.39. The van der Waals surface area contributed by atoms with Gasteiger partial charge in [0.2, 0.25) is 0 Å². The molecule has 0 bridgehead atoms. The predicted molar refractivity (Wildman–Crippen MR) is 107 cm³/mol. The fraction of sp³-hybridized carbons (Fsp3) is 0.524. The van der Waals surface area contributed by atoms with Crippen molar-refractivity contribution in [1.82, 2.24) is 20.0 Å². The lowest BCUT2D eigenvalue weighted by Crippen LogP contribution is -2.46. The van der Waals surface area contributed by atoms with Gasteiger partial charge >= 0.3 is 0 Å². The predicted octanol–water partition coefficient (Wildman–Crippen LogP) is 3.27. The molecule has 2 heterocycles. The molecule has 1 aromatic carbocycles. The maximum atomic E-state index is 13.4. The van der Waals surface area contributed by atoms with Gasteiger partial charge in [-0.05, 0) is 50.9 Å². The number of carbonyl (C=O) groups is 1. The van der Waals surface area contributed by atoms with Gasteiger partial charge in [0.25, 0.3) is 5.91 Å². The van der Waals surface area contributed by atoms with Crippen molar-refractivity contribution in [2.24, 2.45) is 0 Å². The number of rotatable bonds is 8. The number of amides is 1. The van der Waals surface area contributed by atoms with Crippen LogP contribution >= 0.6 is 0 Å². The standard InChI is InChI=1S/C21H30N4O2/c1-3-14-24(17-10-12-22-13-11-17)21(26)20-19(27-15-4-2)16-25(23-20)18-8-6-5-7-9-18/h5-9,16-17,22H,3-4,10-15H2,1-2H3. The van der Waals surface area contributed by atoms with E-state index < -0.39 is 0 Å². The average molecular weight is 370 g/mol. The Labute approximate surface area is 161 Å². The van der Waals surface area contributed by atoms with E-state index in [2.05, 4.69) is 24.3 Å². The minimum Gasteiger partial charge on any atom is -0.489 e. The Bertz CT molecular complexity index is 723. The summed E-state index contributed by atoms with van der Waals surface area (Å²) in [7, 11) is 0. The molecule has 0 saturated carbocycles. The molecule has 0 aliphatic carbocycles. The molecule has 1 N–H and O–H groups in total. The van der Waals surface area contributed by atoms with Crippen molar-refractivity contribution in [2.75, 3.05) is 26.2 Å². The second-order valence-electron chi connectivity index (χ2n) is 6.95. The lowest BCUT2D eigenvalue weighted by Gasteiger charge is -2.34. The Morgan fingerprint density at radius 2 is 1.96 bits per heavy atom. The number of ether oxygens (including phenoxy) is 1. The number of aromatic nitrogens is 2. The molecule has 1 aliphatic heterocycles. The fourth-order valence-electron chi connectivity index (χ4n) is 3.48. The van der Waals surface area contributed by atoms with E-state index >= 15 is 0 Å². The summed E-state index contributed by atoms with van der Waals surface area (Å²) in [5.41, 5.74) is 1.33. The number of hydrogen-bond donors (Lipinski definition) is 1. The minimum absolute atomic E-state index is 0.0236. The molecule has 146 valence electrons. The molecule has 0 spiro atoms. The van der Waals surface area contributed by atoms with Gasteiger partial charge in [-0.3, -0.25) is 4.79 Å². The van der Waals surface area contributed by atoms with Crippen molar-refractivity contribution in [3.63, 3.8) is 0 Å². The molecule has 0 atom stereocenters. The van der Waals surface area contributed by atoms with Crippen LogP contribution in [-0.2, 0) is 0 Å². The van der Waals surface area contributed by atoms with E-state index in [4.69, 9.17) is 4.74 Å². The van der Waals surface area contributed by atoms with Gasteiger partial charge < -0.3 is 15.0 Å². The molecule has 1 aliphatic rings. The van der Waals surface area contributed by atoms with Crippen LogP contribution < -0.4 is 10.1 Å². The van der Waals surface area contributed by atoms with Gasteiger partial charge in [0, 0.05) is 12.6 Å². The van der Waals surface area contributed by atoms with Crippen LogP contribution in [0.15, 0.2) is 36.5 Å². The third-order valence-electron chi connectivity index (χ3n) is 4.84. The summed E-state index contributed by atoms with van der Waals surface area (Å²) in [6, 6.07) is 10.1. The van der Waals surface area contributed by atoms with Crippen LogP contribution in [0, 0.1) is 0 Å². The summed E-state index contributed by atoms with van der Waals surface area (Å²) < 4.78 is 7.62. The smallest absolute Gasteiger partial charge is 0.278 e. The summed E-state index contributed by atoms with van der Waals surface area (Å²) in [5, 5.41) is 7.99. The Morgan fingerprint density at radius 3 is 2.63 bits per heavy atom. The first-order chi connectivity index (χ1) is 13.2. The highest BCUT2D eigenvalue weighted by molar-refractivity contribution is 5.95. The van der Waals surface area contributed by atoms with Crippen LogP contribution in [0.3, 0.4) is 0 Å². The number of nitrogens with zero attached hydrogens (tertiary/aromatic N) is 3. The van der Waals surface area contributed by atoms with E-state index in [-0.39, 0.29) is 11.9 Å². The van der Waals surface area contributed by atoms with Gasteiger partial charge in [-0.1, -0.05) is 32.0 Å². The number of hydrogen-bond acceptors (Lipinski definition) is 4. The molecule has 6 heteroatoms. The number of carbonyl (C=O) groups excluding carboxylic acids is 1. The number of nitrogens with one attached hydrogen (secondary N) is 1. The summed E-state index contributed by atoms with van der Waals surface area (Å²) in [5.74, 6) is 0.547. The van der Waals surface area contributed by atoms with Gasteiger partial charge in [0.15, 0.2) is 11.4 Å². The first kappa shape index (κ1) is 19.4. The maximum Gasteiger partial charge on any atom is 0.278 e. The van der Waals surface area contributed by atoms with Gasteiger partial charge in [0.1, 0.15) is 0 Å². The first-order valence-corrected chi connectivity index (χ1v) is 10.0. The summed E-state index contributed by atoms with van der Waals surface area (Å²) in [6.07, 6.45) is 5.61. The molecule has 2 aromatic rings. The molecule has 0 radical (unpaired) electrons. The number of benzene rings is 1. The molecular formula is C21H30N4O2. The highest BCUT2D eigenvalue weighted by atomic mass is 16.5. The molecule has 0 unspecified atom stereocenters. The zero-order valence-electron chi connectivity index (χ0n) is 16.4. The fourth-order valence-corrected chi connectivity index (χ4v) is 3.48. The summed E-state index contributed by atoms with van der Waals surface area (Å²) >= 11 is 0. The normalized spacial score (nSPS) is 14.9. The molecule has 1 saturated heterocycles. The van der Waals surface area contributed by atoms with E-state index in [0.29, 0.717) is 18.1 Å². The van der Waals surface area contributed by atoms with Crippen LogP contribution in [0.1, 0.15) is 50.0 Å². The third kappa shape index (κ3) is 4.69. The van der Waals surface area contributed by atoms with Crippen LogP contribution in [0.25, 0.3) is 5.69 Å². The van der Waals surface area contributed by atoms with Gasteiger partial charge in [-0.15, -0.1) is 0 Å². The molecule has 6 nitrogen and oxygen atoms in total. The quantitative estimate of drug-likeness (QED) is 0.775. The molecule has 1 fully saturated rings. The van der Waals surface area contributed by atoms with E-state index in [1.165, 1.54) is 0 Å². The Balaban J connectivity index is 1.91. The van der Waals surface area contributed by atoms with Crippen molar-refractivity contribution in [1.29, 1.82) is 0 Å². The average Bonchev–Trinajstić information content (AvgIpc) is 3.15. The van der Waals surface area contributed by atoms with Gasteiger partial charge in [-0.2, -0.15) is 5.10 Å². The Hall–Kier alpha value is -2.34. The zero-order valence-corrected chi connectivity index (χ0v) is 16.4. The Morgan fingerprint density at radius 1 is 1.22 bits per heavy atom. The van der Waals surface area contributed by atoms with Crippen molar-refractivity contribution in [3.8, 4) is 11.4 Å². The van der Waals surface area contributed by atoms with Crippen LogP contribution in [0.5, 0.6) is 5.75 Å². The molecule has 27 heavy (non-hydrogen) atoms. The Kier molecular flexibility index (Phi) is 6.87. The minimum atomic E-state index is -0.0236. The third-order valence-corrected chi connectivity index (χ3v) is 4.84. The molecule has 1 aromatic heterocycles. The number of piperidine rings is 1. The van der Waals surface area contributed by atoms with Crippen LogP contribution in [0.4, 0.5) is 0 Å². The molecule has 3 rings (SSSR count). The molecule has 1 amide bonds. The topological polar surface area (TPSA) is 59.4 Å². The molecular weight excluding hydrogens is 340 g/mol.